The number of esters is 1. The molecule has 2 aliphatic rings. The minimum absolute atomic E-state index is 0.0690. The quantitative estimate of drug-likeness (QED) is 0.645. The van der Waals surface area contributed by atoms with E-state index in [1.54, 1.807) is 20.8 Å². The number of ether oxygens (including phenoxy) is 2. The number of hydrogen-bond acceptors (Lipinski definition) is 5. The fourth-order valence-electron chi connectivity index (χ4n) is 2.41. The van der Waals surface area contributed by atoms with Gasteiger partial charge in [-0.3, -0.25) is 9.69 Å². The summed E-state index contributed by atoms with van der Waals surface area (Å²) in [5.74, 6) is -0.408. The third kappa shape index (κ3) is 2.58. The maximum atomic E-state index is 12.0. The molecular weight excluding hydrogens is 238 g/mol. The number of carbonyl (C=O) groups excluding carboxylic acids is 2. The van der Waals surface area contributed by atoms with Crippen LogP contribution in [0.15, 0.2) is 0 Å². The molecule has 6 nitrogen and oxygen atoms in total. The molecular formula is C12H19NO5. The molecule has 0 unspecified atom stereocenters. The van der Waals surface area contributed by atoms with Gasteiger partial charge in [-0.25, -0.2) is 4.79 Å². The van der Waals surface area contributed by atoms with Gasteiger partial charge in [-0.1, -0.05) is 0 Å². The smallest absolute Gasteiger partial charge is 0.410 e. The van der Waals surface area contributed by atoms with Crippen molar-refractivity contribution in [3.8, 4) is 0 Å². The number of amides is 1. The monoisotopic (exact) mass is 257 g/mol. The zero-order valence-corrected chi connectivity index (χ0v) is 10.9. The van der Waals surface area contributed by atoms with Gasteiger partial charge < -0.3 is 14.6 Å². The molecule has 0 radical (unpaired) electrons. The second-order valence-electron chi connectivity index (χ2n) is 5.75. The third-order valence-corrected chi connectivity index (χ3v) is 3.08. The van der Waals surface area contributed by atoms with Crippen molar-refractivity contribution < 1.29 is 24.2 Å². The summed E-state index contributed by atoms with van der Waals surface area (Å²) in [5, 5.41) is 9.92. The number of fused-ring (bicyclic) bond motifs is 1. The van der Waals surface area contributed by atoms with E-state index in [1.165, 1.54) is 4.90 Å². The van der Waals surface area contributed by atoms with E-state index >= 15 is 0 Å². The van der Waals surface area contributed by atoms with E-state index in [4.69, 9.17) is 9.47 Å². The summed E-state index contributed by atoms with van der Waals surface area (Å²) in [5.41, 5.74) is -0.578. The van der Waals surface area contributed by atoms with Gasteiger partial charge in [-0.2, -0.15) is 0 Å². The summed E-state index contributed by atoms with van der Waals surface area (Å²) in [4.78, 5) is 24.7. The molecule has 0 spiro atoms. The van der Waals surface area contributed by atoms with Crippen molar-refractivity contribution in [1.82, 2.24) is 4.90 Å². The zero-order valence-electron chi connectivity index (χ0n) is 10.9. The molecule has 2 fully saturated rings. The van der Waals surface area contributed by atoms with E-state index < -0.39 is 35.9 Å². The van der Waals surface area contributed by atoms with Crippen LogP contribution in [0.25, 0.3) is 0 Å². The second-order valence-corrected chi connectivity index (χ2v) is 5.75. The number of carbonyl (C=O) groups is 2. The molecule has 0 aliphatic carbocycles. The average Bonchev–Trinajstić information content (AvgIpc) is 2.58. The summed E-state index contributed by atoms with van der Waals surface area (Å²) in [7, 11) is 0. The summed E-state index contributed by atoms with van der Waals surface area (Å²) >= 11 is 0. The van der Waals surface area contributed by atoms with Gasteiger partial charge in [0, 0.05) is 13.0 Å². The number of aliphatic hydroxyl groups is 1. The lowest BCUT2D eigenvalue weighted by Crippen LogP contribution is -2.53. The standard InChI is InChI=1S/C12H19NO5/c1-12(2,3)18-11(16)13-5-4-8-10(13)7(14)6-9(15)17-8/h7-8,10,14H,4-6H2,1-3H3/t7-,8+,10+/m0/s1. The molecule has 0 aromatic heterocycles. The second kappa shape index (κ2) is 4.42. The van der Waals surface area contributed by atoms with Crippen LogP contribution in [-0.4, -0.2) is 52.5 Å². The first-order valence-electron chi connectivity index (χ1n) is 6.15. The van der Waals surface area contributed by atoms with Crippen LogP contribution in [0.1, 0.15) is 33.6 Å². The molecule has 3 atom stereocenters. The summed E-state index contributed by atoms with van der Waals surface area (Å²) in [6.07, 6.45) is -1.26. The van der Waals surface area contributed by atoms with Gasteiger partial charge >= 0.3 is 12.1 Å². The van der Waals surface area contributed by atoms with Crippen molar-refractivity contribution in [2.75, 3.05) is 6.54 Å². The highest BCUT2D eigenvalue weighted by molar-refractivity contribution is 5.73. The normalized spacial score (nSPS) is 31.9. The average molecular weight is 257 g/mol. The van der Waals surface area contributed by atoms with Crippen LogP contribution < -0.4 is 0 Å². The highest BCUT2D eigenvalue weighted by Gasteiger charge is 2.48. The van der Waals surface area contributed by atoms with Crippen molar-refractivity contribution in [3.63, 3.8) is 0 Å². The Morgan fingerprint density at radius 1 is 1.50 bits per heavy atom. The van der Waals surface area contributed by atoms with E-state index in [0.717, 1.165) is 0 Å². The molecule has 2 saturated heterocycles. The first-order valence-corrected chi connectivity index (χ1v) is 6.15. The van der Waals surface area contributed by atoms with Crippen molar-refractivity contribution >= 4 is 12.1 Å². The molecule has 2 aliphatic heterocycles. The number of hydrogen-bond donors (Lipinski definition) is 1. The van der Waals surface area contributed by atoms with Crippen LogP contribution in [-0.2, 0) is 14.3 Å². The molecule has 6 heteroatoms. The molecule has 0 aromatic rings. The number of likely N-dealkylation sites (tertiary alicyclic amines) is 1. The SMILES string of the molecule is CC(C)(C)OC(=O)N1CC[C@H]2OC(=O)C[C@H](O)[C@H]21. The first kappa shape index (κ1) is 13.1. The highest BCUT2D eigenvalue weighted by atomic mass is 16.6. The number of aliphatic hydroxyl groups excluding tert-OH is 1. The van der Waals surface area contributed by atoms with Gasteiger partial charge in [0.15, 0.2) is 0 Å². The van der Waals surface area contributed by atoms with E-state index in [0.29, 0.717) is 13.0 Å². The number of rotatable bonds is 0. The fourth-order valence-corrected chi connectivity index (χ4v) is 2.41. The molecule has 2 rings (SSSR count). The van der Waals surface area contributed by atoms with Crippen LogP contribution in [0.3, 0.4) is 0 Å². The molecule has 2 heterocycles. The largest absolute Gasteiger partial charge is 0.460 e. The molecule has 18 heavy (non-hydrogen) atoms. The fraction of sp³-hybridized carbons (Fsp3) is 0.833. The van der Waals surface area contributed by atoms with Gasteiger partial charge in [0.25, 0.3) is 0 Å². The van der Waals surface area contributed by atoms with Crippen LogP contribution in [0, 0.1) is 0 Å². The predicted octanol–water partition coefficient (Wildman–Crippen LogP) is 0.672. The summed E-state index contributed by atoms with van der Waals surface area (Å²) < 4.78 is 10.4. The Morgan fingerprint density at radius 3 is 2.78 bits per heavy atom. The third-order valence-electron chi connectivity index (χ3n) is 3.08. The van der Waals surface area contributed by atoms with E-state index in [-0.39, 0.29) is 6.42 Å². The summed E-state index contributed by atoms with van der Waals surface area (Å²) in [6.45, 7) is 5.80. The molecule has 102 valence electrons. The van der Waals surface area contributed by atoms with Gasteiger partial charge in [-0.05, 0) is 20.8 Å². The summed E-state index contributed by atoms with van der Waals surface area (Å²) in [6, 6.07) is -0.474. The zero-order chi connectivity index (χ0) is 13.5. The molecule has 1 N–H and O–H groups in total. The Kier molecular flexibility index (Phi) is 3.23. The van der Waals surface area contributed by atoms with Crippen LogP contribution in [0.4, 0.5) is 4.79 Å². The van der Waals surface area contributed by atoms with Crippen molar-refractivity contribution in [1.29, 1.82) is 0 Å². The molecule has 0 saturated carbocycles. The van der Waals surface area contributed by atoms with E-state index in [1.807, 2.05) is 0 Å². The van der Waals surface area contributed by atoms with Gasteiger partial charge in [-0.15, -0.1) is 0 Å². The Labute approximate surface area is 106 Å². The Morgan fingerprint density at radius 2 is 2.17 bits per heavy atom. The molecule has 0 bridgehead atoms. The minimum atomic E-state index is -0.869. The Hall–Kier alpha value is -1.30. The van der Waals surface area contributed by atoms with Crippen LogP contribution in [0.5, 0.6) is 0 Å². The Bertz CT molecular complexity index is 362. The maximum Gasteiger partial charge on any atom is 0.410 e. The number of nitrogens with zero attached hydrogens (tertiary/aromatic N) is 1. The maximum absolute atomic E-state index is 12.0. The minimum Gasteiger partial charge on any atom is -0.460 e. The lowest BCUT2D eigenvalue weighted by molar-refractivity contribution is -0.164. The molecule has 0 aromatic carbocycles. The van der Waals surface area contributed by atoms with Gasteiger partial charge in [0.05, 0.1) is 18.6 Å². The topological polar surface area (TPSA) is 76.1 Å². The van der Waals surface area contributed by atoms with Gasteiger partial charge in [0.2, 0.25) is 0 Å². The predicted molar refractivity (Wildman–Crippen MR) is 61.8 cm³/mol. The molecule has 1 amide bonds. The van der Waals surface area contributed by atoms with Crippen molar-refractivity contribution in [3.05, 3.63) is 0 Å². The first-order chi connectivity index (χ1) is 8.28. The van der Waals surface area contributed by atoms with Crippen LogP contribution >= 0.6 is 0 Å². The Balaban J connectivity index is 2.07. The van der Waals surface area contributed by atoms with E-state index in [9.17, 15) is 14.7 Å². The van der Waals surface area contributed by atoms with E-state index in [2.05, 4.69) is 0 Å². The lowest BCUT2D eigenvalue weighted by atomic mass is 10.00. The van der Waals surface area contributed by atoms with Gasteiger partial charge in [0.1, 0.15) is 11.7 Å². The lowest BCUT2D eigenvalue weighted by Gasteiger charge is -2.35. The van der Waals surface area contributed by atoms with Crippen LogP contribution in [0.2, 0.25) is 0 Å². The van der Waals surface area contributed by atoms with Crippen molar-refractivity contribution in [2.45, 2.75) is 57.5 Å². The highest BCUT2D eigenvalue weighted by Crippen LogP contribution is 2.30. The van der Waals surface area contributed by atoms with Crippen molar-refractivity contribution in [2.24, 2.45) is 0 Å².